The maximum absolute atomic E-state index is 12.9. The Bertz CT molecular complexity index is 1020. The maximum Gasteiger partial charge on any atom is 0.337 e. The zero-order chi connectivity index (χ0) is 20.9. The van der Waals surface area contributed by atoms with Crippen molar-refractivity contribution < 1.29 is 14.3 Å². The number of methoxy groups -OCH3 is 1. The third kappa shape index (κ3) is 4.35. The van der Waals surface area contributed by atoms with Crippen molar-refractivity contribution in [2.24, 2.45) is 5.92 Å². The van der Waals surface area contributed by atoms with Crippen molar-refractivity contribution in [3.63, 3.8) is 0 Å². The van der Waals surface area contributed by atoms with Gasteiger partial charge in [0.05, 0.1) is 19.2 Å². The van der Waals surface area contributed by atoms with Crippen molar-refractivity contribution in [3.8, 4) is 11.5 Å². The van der Waals surface area contributed by atoms with Gasteiger partial charge >= 0.3 is 5.97 Å². The predicted octanol–water partition coefficient (Wildman–Crippen LogP) is 2.07. The average molecular weight is 406 g/mol. The lowest BCUT2D eigenvalue weighted by Crippen LogP contribution is -2.41. The number of tetrazole rings is 1. The molecule has 0 spiro atoms. The highest BCUT2D eigenvalue weighted by molar-refractivity contribution is 5.96. The van der Waals surface area contributed by atoms with Gasteiger partial charge in [0.15, 0.2) is 0 Å². The van der Waals surface area contributed by atoms with Crippen LogP contribution in [0.5, 0.6) is 0 Å². The van der Waals surface area contributed by atoms with Gasteiger partial charge in [-0.2, -0.15) is 4.80 Å². The minimum Gasteiger partial charge on any atom is -0.465 e. The maximum atomic E-state index is 12.9. The lowest BCUT2D eigenvalue weighted by molar-refractivity contribution is 0.0598. The highest BCUT2D eigenvalue weighted by Crippen LogP contribution is 2.20. The molecule has 1 atom stereocenters. The highest BCUT2D eigenvalue weighted by Gasteiger charge is 2.25. The van der Waals surface area contributed by atoms with E-state index in [1.165, 1.54) is 7.11 Å². The summed E-state index contributed by atoms with van der Waals surface area (Å²) in [6.07, 6.45) is 3.60. The number of amides is 1. The molecule has 0 aliphatic carbocycles. The van der Waals surface area contributed by atoms with E-state index in [1.807, 2.05) is 23.1 Å². The molecule has 0 radical (unpaired) electrons. The average Bonchev–Trinajstić information content (AvgIpc) is 3.27. The molecule has 1 aliphatic heterocycles. The minimum atomic E-state index is -0.419. The Hall–Kier alpha value is -3.62. The second kappa shape index (κ2) is 8.81. The molecular weight excluding hydrogens is 384 g/mol. The molecular formula is C21H22N6O3. The monoisotopic (exact) mass is 406 g/mol. The number of ether oxygens (including phenoxy) is 1. The van der Waals surface area contributed by atoms with E-state index < -0.39 is 5.97 Å². The molecule has 1 fully saturated rings. The third-order valence-electron chi connectivity index (χ3n) is 5.13. The summed E-state index contributed by atoms with van der Waals surface area (Å²) in [5.74, 6) is 0.266. The Balaban J connectivity index is 1.39. The van der Waals surface area contributed by atoms with Gasteiger partial charge in [0.2, 0.25) is 5.82 Å². The molecule has 9 nitrogen and oxygen atoms in total. The zero-order valence-electron chi connectivity index (χ0n) is 16.6. The van der Waals surface area contributed by atoms with Gasteiger partial charge < -0.3 is 9.64 Å². The number of hydrogen-bond acceptors (Lipinski definition) is 7. The summed E-state index contributed by atoms with van der Waals surface area (Å²) in [6.45, 7) is 1.92. The first kappa shape index (κ1) is 19.7. The molecule has 1 saturated heterocycles. The molecule has 1 aliphatic rings. The van der Waals surface area contributed by atoms with E-state index in [4.69, 9.17) is 4.74 Å². The van der Waals surface area contributed by atoms with Crippen LogP contribution in [0.3, 0.4) is 0 Å². The van der Waals surface area contributed by atoms with Gasteiger partial charge in [-0.25, -0.2) is 4.79 Å². The fraction of sp³-hybridized carbons (Fsp3) is 0.333. The van der Waals surface area contributed by atoms with E-state index in [1.54, 1.807) is 35.3 Å². The Morgan fingerprint density at radius 3 is 2.67 bits per heavy atom. The van der Waals surface area contributed by atoms with Gasteiger partial charge in [0.25, 0.3) is 5.91 Å². The summed E-state index contributed by atoms with van der Waals surface area (Å²) in [5.41, 5.74) is 1.66. The summed E-state index contributed by atoms with van der Waals surface area (Å²) in [5, 5.41) is 12.6. The Kier molecular flexibility index (Phi) is 5.78. The number of piperidine rings is 1. The van der Waals surface area contributed by atoms with E-state index in [-0.39, 0.29) is 11.8 Å². The third-order valence-corrected chi connectivity index (χ3v) is 5.13. The fourth-order valence-corrected chi connectivity index (χ4v) is 3.60. The summed E-state index contributed by atoms with van der Waals surface area (Å²) in [4.78, 5) is 32.1. The molecule has 2 aromatic heterocycles. The van der Waals surface area contributed by atoms with Gasteiger partial charge in [-0.05, 0) is 60.4 Å². The zero-order valence-corrected chi connectivity index (χ0v) is 16.6. The van der Waals surface area contributed by atoms with E-state index in [0.29, 0.717) is 42.3 Å². The second-order valence-electron chi connectivity index (χ2n) is 7.21. The molecule has 154 valence electrons. The van der Waals surface area contributed by atoms with Crippen LogP contribution < -0.4 is 0 Å². The normalized spacial score (nSPS) is 16.3. The highest BCUT2D eigenvalue weighted by atomic mass is 16.5. The molecule has 3 heterocycles. The van der Waals surface area contributed by atoms with E-state index >= 15 is 0 Å². The van der Waals surface area contributed by atoms with Crippen molar-refractivity contribution >= 4 is 11.9 Å². The van der Waals surface area contributed by atoms with Crippen LogP contribution in [0.1, 0.15) is 33.6 Å². The van der Waals surface area contributed by atoms with Crippen LogP contribution in [-0.4, -0.2) is 62.2 Å². The van der Waals surface area contributed by atoms with Crippen LogP contribution in [0, 0.1) is 5.92 Å². The summed E-state index contributed by atoms with van der Waals surface area (Å²) in [7, 11) is 1.33. The van der Waals surface area contributed by atoms with Crippen LogP contribution in [0.25, 0.3) is 11.5 Å². The van der Waals surface area contributed by atoms with Gasteiger partial charge in [-0.1, -0.05) is 6.07 Å². The topological polar surface area (TPSA) is 103 Å². The number of carbonyl (C=O) groups is 2. The SMILES string of the molecule is COC(=O)c1ccc(C(=O)N2CCC[C@H](Cn3nnc(-c4ccccn4)n3)C2)cc1. The predicted molar refractivity (Wildman–Crippen MR) is 107 cm³/mol. The molecule has 3 aromatic rings. The molecule has 0 N–H and O–H groups in total. The number of nitrogens with zero attached hydrogens (tertiary/aromatic N) is 6. The van der Waals surface area contributed by atoms with Gasteiger partial charge in [-0.15, -0.1) is 10.2 Å². The summed E-state index contributed by atoms with van der Waals surface area (Å²) >= 11 is 0. The standard InChI is InChI=1S/C21H22N6O3/c1-30-21(29)17-9-7-16(8-10-17)20(28)26-12-4-5-15(13-26)14-27-24-19(23-25-27)18-6-2-3-11-22-18/h2-3,6-11,15H,4-5,12-14H2,1H3/t15-/m0/s1. The first-order valence-electron chi connectivity index (χ1n) is 9.81. The van der Waals surface area contributed by atoms with Crippen molar-refractivity contribution in [1.82, 2.24) is 30.1 Å². The van der Waals surface area contributed by atoms with Gasteiger partial charge in [0, 0.05) is 24.8 Å². The Morgan fingerprint density at radius 1 is 1.13 bits per heavy atom. The number of likely N-dealkylation sites (tertiary alicyclic amines) is 1. The van der Waals surface area contributed by atoms with Crippen molar-refractivity contribution in [2.45, 2.75) is 19.4 Å². The molecule has 0 saturated carbocycles. The number of carbonyl (C=O) groups excluding carboxylic acids is 2. The molecule has 1 aromatic carbocycles. The summed E-state index contributed by atoms with van der Waals surface area (Å²) < 4.78 is 4.70. The van der Waals surface area contributed by atoms with Gasteiger partial charge in [0.1, 0.15) is 5.69 Å². The number of pyridine rings is 1. The molecule has 1 amide bonds. The molecule has 30 heavy (non-hydrogen) atoms. The van der Waals surface area contributed by atoms with Crippen LogP contribution >= 0.6 is 0 Å². The second-order valence-corrected chi connectivity index (χ2v) is 7.21. The lowest BCUT2D eigenvalue weighted by atomic mass is 9.97. The Morgan fingerprint density at radius 2 is 1.93 bits per heavy atom. The van der Waals surface area contributed by atoms with Crippen LogP contribution in [0.4, 0.5) is 0 Å². The van der Waals surface area contributed by atoms with E-state index in [0.717, 1.165) is 12.8 Å². The number of hydrogen-bond donors (Lipinski definition) is 0. The molecule has 0 bridgehead atoms. The number of esters is 1. The first-order valence-corrected chi connectivity index (χ1v) is 9.81. The quantitative estimate of drug-likeness (QED) is 0.598. The van der Waals surface area contributed by atoms with Crippen molar-refractivity contribution in [3.05, 3.63) is 59.8 Å². The Labute approximate surface area is 173 Å². The number of rotatable bonds is 5. The van der Waals surface area contributed by atoms with E-state index in [2.05, 4.69) is 20.4 Å². The van der Waals surface area contributed by atoms with Crippen molar-refractivity contribution in [2.75, 3.05) is 20.2 Å². The van der Waals surface area contributed by atoms with Crippen LogP contribution in [0.2, 0.25) is 0 Å². The number of benzene rings is 1. The lowest BCUT2D eigenvalue weighted by Gasteiger charge is -2.32. The largest absolute Gasteiger partial charge is 0.465 e. The van der Waals surface area contributed by atoms with Crippen LogP contribution in [0.15, 0.2) is 48.7 Å². The first-order chi connectivity index (χ1) is 14.6. The number of aromatic nitrogens is 5. The summed E-state index contributed by atoms with van der Waals surface area (Å²) in [6, 6.07) is 12.1. The molecule has 0 unspecified atom stereocenters. The van der Waals surface area contributed by atoms with E-state index in [9.17, 15) is 9.59 Å². The molecule has 9 heteroatoms. The minimum absolute atomic E-state index is 0.0446. The van der Waals surface area contributed by atoms with Crippen LogP contribution in [-0.2, 0) is 11.3 Å². The van der Waals surface area contributed by atoms with Gasteiger partial charge in [-0.3, -0.25) is 9.78 Å². The smallest absolute Gasteiger partial charge is 0.337 e. The molecule has 4 rings (SSSR count). The van der Waals surface area contributed by atoms with Crippen molar-refractivity contribution in [1.29, 1.82) is 0 Å². The fourth-order valence-electron chi connectivity index (χ4n) is 3.60.